The molecule has 2 aliphatic rings. The smallest absolute Gasteiger partial charge is 0.398 e. The van der Waals surface area contributed by atoms with Gasteiger partial charge in [0.15, 0.2) is 11.5 Å². The summed E-state index contributed by atoms with van der Waals surface area (Å²) in [6.45, 7) is 0.688. The Balaban J connectivity index is 1.85. The van der Waals surface area contributed by atoms with Gasteiger partial charge in [-0.1, -0.05) is 0 Å². The third-order valence-electron chi connectivity index (χ3n) is 3.73. The minimum atomic E-state index is -3.79. The summed E-state index contributed by atoms with van der Waals surface area (Å²) in [6, 6.07) is 4.24. The first-order valence-electron chi connectivity index (χ1n) is 6.85. The van der Waals surface area contributed by atoms with Crippen LogP contribution in [-0.2, 0) is 4.74 Å². The van der Waals surface area contributed by atoms with Crippen LogP contribution >= 0.6 is 0 Å². The van der Waals surface area contributed by atoms with E-state index in [0.29, 0.717) is 26.1 Å². The van der Waals surface area contributed by atoms with Crippen molar-refractivity contribution in [3.05, 3.63) is 17.7 Å². The molecule has 0 saturated carbocycles. The van der Waals surface area contributed by atoms with E-state index in [1.54, 1.807) is 0 Å². The number of nitrogen functional groups attached to an aromatic ring is 1. The Hall–Kier alpha value is -2.60. The van der Waals surface area contributed by atoms with Crippen molar-refractivity contribution in [3.63, 3.8) is 0 Å². The normalized spacial score (nSPS) is 20.6. The molecular weight excluding hydrogens is 312 g/mol. The molecule has 122 valence electrons. The van der Waals surface area contributed by atoms with Crippen LogP contribution in [0.4, 0.5) is 14.5 Å². The second-order valence-corrected chi connectivity index (χ2v) is 5.31. The van der Waals surface area contributed by atoms with Crippen LogP contribution in [-0.4, -0.2) is 31.0 Å². The molecular formula is C14H13F2N3O4. The summed E-state index contributed by atoms with van der Waals surface area (Å²) in [5, 5.41) is 11.9. The molecule has 1 fully saturated rings. The number of benzene rings is 1. The lowest BCUT2D eigenvalue weighted by molar-refractivity contribution is -0.286. The number of halogens is 2. The van der Waals surface area contributed by atoms with E-state index in [1.165, 1.54) is 0 Å². The molecule has 1 aromatic carbocycles. The van der Waals surface area contributed by atoms with Gasteiger partial charge in [-0.15, -0.1) is 8.78 Å². The van der Waals surface area contributed by atoms with Crippen LogP contribution in [0.25, 0.3) is 0 Å². The highest BCUT2D eigenvalue weighted by Crippen LogP contribution is 2.43. The van der Waals surface area contributed by atoms with E-state index in [0.717, 1.165) is 12.1 Å². The van der Waals surface area contributed by atoms with Crippen molar-refractivity contribution in [1.82, 2.24) is 5.32 Å². The van der Waals surface area contributed by atoms with E-state index < -0.39 is 17.7 Å². The number of nitrogens with two attached hydrogens (primary N) is 1. The molecule has 0 atom stereocenters. The van der Waals surface area contributed by atoms with E-state index in [2.05, 4.69) is 20.9 Å². The molecule has 2 heterocycles. The van der Waals surface area contributed by atoms with Gasteiger partial charge in [0, 0.05) is 37.8 Å². The fourth-order valence-corrected chi connectivity index (χ4v) is 2.48. The van der Waals surface area contributed by atoms with Crippen molar-refractivity contribution in [2.75, 3.05) is 18.9 Å². The Morgan fingerprint density at radius 1 is 1.26 bits per heavy atom. The highest BCUT2D eigenvalue weighted by molar-refractivity contribution is 6.00. The maximum Gasteiger partial charge on any atom is 0.586 e. The first kappa shape index (κ1) is 15.3. The van der Waals surface area contributed by atoms with Crippen LogP contribution in [0.1, 0.15) is 23.2 Å². The van der Waals surface area contributed by atoms with E-state index in [4.69, 9.17) is 10.5 Å². The number of amides is 1. The Labute approximate surface area is 129 Å². The zero-order valence-electron chi connectivity index (χ0n) is 11.9. The Bertz CT molecular complexity index is 696. The summed E-state index contributed by atoms with van der Waals surface area (Å²) in [4.78, 5) is 12.4. The predicted octanol–water partition coefficient (Wildman–Crippen LogP) is 1.39. The summed E-state index contributed by atoms with van der Waals surface area (Å²) in [7, 11) is 0. The zero-order chi connectivity index (χ0) is 16.7. The van der Waals surface area contributed by atoms with E-state index in [9.17, 15) is 18.8 Å². The minimum absolute atomic E-state index is 0.0531. The van der Waals surface area contributed by atoms with Gasteiger partial charge in [0.2, 0.25) is 0 Å². The molecule has 3 N–H and O–H groups in total. The monoisotopic (exact) mass is 325 g/mol. The molecule has 23 heavy (non-hydrogen) atoms. The van der Waals surface area contributed by atoms with E-state index in [-0.39, 0.29) is 22.7 Å². The highest BCUT2D eigenvalue weighted by Gasteiger charge is 2.44. The lowest BCUT2D eigenvalue weighted by Gasteiger charge is -2.31. The number of nitriles is 1. The Morgan fingerprint density at radius 3 is 2.48 bits per heavy atom. The molecule has 1 amide bonds. The molecule has 0 spiro atoms. The summed E-state index contributed by atoms with van der Waals surface area (Å²) in [6.07, 6.45) is -3.13. The first-order chi connectivity index (χ1) is 10.8. The number of carbonyl (C=O) groups is 1. The Kier molecular flexibility index (Phi) is 3.49. The number of hydrogen-bond donors (Lipinski definition) is 2. The van der Waals surface area contributed by atoms with Crippen molar-refractivity contribution in [1.29, 1.82) is 5.26 Å². The van der Waals surface area contributed by atoms with E-state index in [1.807, 2.05) is 0 Å². The maximum atomic E-state index is 13.0. The Morgan fingerprint density at radius 2 is 1.87 bits per heavy atom. The molecule has 7 nitrogen and oxygen atoms in total. The molecule has 1 aromatic rings. The number of rotatable bonds is 2. The average molecular weight is 325 g/mol. The van der Waals surface area contributed by atoms with Gasteiger partial charge in [-0.2, -0.15) is 5.26 Å². The molecule has 0 aliphatic carbocycles. The van der Waals surface area contributed by atoms with Gasteiger partial charge >= 0.3 is 6.29 Å². The molecule has 1 saturated heterocycles. The van der Waals surface area contributed by atoms with Crippen LogP contribution in [0.5, 0.6) is 11.5 Å². The van der Waals surface area contributed by atoms with Gasteiger partial charge < -0.3 is 25.3 Å². The zero-order valence-corrected chi connectivity index (χ0v) is 11.9. The van der Waals surface area contributed by atoms with Crippen molar-refractivity contribution >= 4 is 11.6 Å². The van der Waals surface area contributed by atoms with Crippen LogP contribution in [0.15, 0.2) is 12.1 Å². The summed E-state index contributed by atoms with van der Waals surface area (Å²) < 4.78 is 39.8. The van der Waals surface area contributed by atoms with Crippen molar-refractivity contribution in [3.8, 4) is 17.6 Å². The SMILES string of the molecule is N#CC1(NC(=O)c2cc3c(cc2N)OC(F)(F)O3)CCOCC1. The quantitative estimate of drug-likeness (QED) is 0.796. The van der Waals surface area contributed by atoms with Gasteiger partial charge in [-0.05, 0) is 6.07 Å². The molecule has 9 heteroatoms. The third kappa shape index (κ3) is 2.85. The molecule has 0 radical (unpaired) electrons. The number of nitrogens with zero attached hydrogens (tertiary/aromatic N) is 1. The number of ether oxygens (including phenoxy) is 3. The fraction of sp³-hybridized carbons (Fsp3) is 0.429. The predicted molar refractivity (Wildman–Crippen MR) is 72.9 cm³/mol. The van der Waals surface area contributed by atoms with Crippen LogP contribution in [0.3, 0.4) is 0 Å². The number of hydrogen-bond acceptors (Lipinski definition) is 6. The molecule has 0 bridgehead atoms. The summed E-state index contributed by atoms with van der Waals surface area (Å²) in [5.41, 5.74) is 4.54. The topological polar surface area (TPSA) is 107 Å². The number of anilines is 1. The molecule has 2 aliphatic heterocycles. The second-order valence-electron chi connectivity index (χ2n) is 5.31. The number of carbonyl (C=O) groups excluding carboxylic acids is 1. The van der Waals surface area contributed by atoms with Crippen LogP contribution in [0.2, 0.25) is 0 Å². The van der Waals surface area contributed by atoms with Crippen molar-refractivity contribution < 1.29 is 27.8 Å². The molecule has 3 rings (SSSR count). The van der Waals surface area contributed by atoms with Gasteiger partial charge in [-0.25, -0.2) is 0 Å². The van der Waals surface area contributed by atoms with Gasteiger partial charge in [0.25, 0.3) is 5.91 Å². The lowest BCUT2D eigenvalue weighted by Crippen LogP contribution is -2.51. The number of fused-ring (bicyclic) bond motifs is 1. The standard InChI is InChI=1S/C14H13F2N3O4/c15-14(16)22-10-5-8(9(18)6-11(10)23-14)12(20)19-13(7-17)1-3-21-4-2-13/h5-6H,1-4,18H2,(H,19,20). The first-order valence-corrected chi connectivity index (χ1v) is 6.85. The van der Waals surface area contributed by atoms with Crippen molar-refractivity contribution in [2.24, 2.45) is 0 Å². The third-order valence-corrected chi connectivity index (χ3v) is 3.73. The van der Waals surface area contributed by atoms with E-state index >= 15 is 0 Å². The van der Waals surface area contributed by atoms with Gasteiger partial charge in [0.1, 0.15) is 5.54 Å². The number of nitrogens with one attached hydrogen (secondary N) is 1. The second kappa shape index (κ2) is 5.24. The fourth-order valence-electron chi connectivity index (χ4n) is 2.48. The molecule has 0 aromatic heterocycles. The highest BCUT2D eigenvalue weighted by atomic mass is 19.3. The van der Waals surface area contributed by atoms with Gasteiger partial charge in [0.05, 0.1) is 11.6 Å². The molecule has 0 unspecified atom stereocenters. The van der Waals surface area contributed by atoms with Gasteiger partial charge in [-0.3, -0.25) is 4.79 Å². The average Bonchev–Trinajstić information content (AvgIpc) is 2.80. The lowest BCUT2D eigenvalue weighted by atomic mass is 9.91. The van der Waals surface area contributed by atoms with Crippen LogP contribution < -0.4 is 20.5 Å². The summed E-state index contributed by atoms with van der Waals surface area (Å²) >= 11 is 0. The largest absolute Gasteiger partial charge is 0.586 e. The number of alkyl halides is 2. The summed E-state index contributed by atoms with van der Waals surface area (Å²) in [5.74, 6) is -1.18. The van der Waals surface area contributed by atoms with Crippen molar-refractivity contribution in [2.45, 2.75) is 24.7 Å². The minimum Gasteiger partial charge on any atom is -0.398 e. The maximum absolute atomic E-state index is 13.0. The van der Waals surface area contributed by atoms with Crippen LogP contribution in [0, 0.1) is 11.3 Å².